The highest BCUT2D eigenvalue weighted by atomic mass is 32.2. The van der Waals surface area contributed by atoms with Crippen molar-refractivity contribution in [2.24, 2.45) is 0 Å². The summed E-state index contributed by atoms with van der Waals surface area (Å²) in [6, 6.07) is 21.9. The summed E-state index contributed by atoms with van der Waals surface area (Å²) >= 11 is 0. The van der Waals surface area contributed by atoms with Gasteiger partial charge in [-0.3, -0.25) is 13.9 Å². The van der Waals surface area contributed by atoms with Crippen LogP contribution in [-0.4, -0.2) is 50.5 Å². The van der Waals surface area contributed by atoms with Crippen molar-refractivity contribution in [3.05, 3.63) is 101 Å². The smallest absolute Gasteiger partial charge is 0.244 e. The summed E-state index contributed by atoms with van der Waals surface area (Å²) in [6.45, 7) is 8.13. The first-order chi connectivity index (χ1) is 19.0. The highest BCUT2D eigenvalue weighted by Crippen LogP contribution is 2.23. The average Bonchev–Trinajstić information content (AvgIpc) is 2.91. The fraction of sp³-hybridized carbons (Fsp3) is 0.375. The molecule has 0 aliphatic carbocycles. The molecule has 214 valence electrons. The van der Waals surface area contributed by atoms with Crippen molar-refractivity contribution >= 4 is 27.5 Å². The van der Waals surface area contributed by atoms with Crippen molar-refractivity contribution in [2.45, 2.75) is 59.5 Å². The fourth-order valence-electron chi connectivity index (χ4n) is 4.56. The second-order valence-electron chi connectivity index (χ2n) is 10.4. The maximum atomic E-state index is 14.1. The molecule has 0 aliphatic heterocycles. The summed E-state index contributed by atoms with van der Waals surface area (Å²) < 4.78 is 27.0. The van der Waals surface area contributed by atoms with Gasteiger partial charge in [0.05, 0.1) is 11.9 Å². The minimum Gasteiger partial charge on any atom is -0.354 e. The van der Waals surface area contributed by atoms with Gasteiger partial charge in [0.2, 0.25) is 21.8 Å². The van der Waals surface area contributed by atoms with Crippen LogP contribution in [0.1, 0.15) is 47.6 Å². The molecule has 0 aromatic heterocycles. The third-order valence-electron chi connectivity index (χ3n) is 6.99. The van der Waals surface area contributed by atoms with Crippen molar-refractivity contribution in [2.75, 3.05) is 23.7 Å². The molecule has 2 amide bonds. The first-order valence-corrected chi connectivity index (χ1v) is 15.6. The van der Waals surface area contributed by atoms with Crippen molar-refractivity contribution in [1.29, 1.82) is 0 Å². The molecule has 0 aliphatic rings. The number of amides is 2. The Bertz CT molecular complexity index is 1410. The number of carbonyl (C=O) groups excluding carboxylic acids is 2. The predicted octanol–water partition coefficient (Wildman–Crippen LogP) is 4.93. The lowest BCUT2D eigenvalue weighted by Crippen LogP contribution is -2.53. The lowest BCUT2D eigenvalue weighted by atomic mass is 10.0. The van der Waals surface area contributed by atoms with Crippen molar-refractivity contribution in [3.63, 3.8) is 0 Å². The SMILES string of the molecule is CCCCNC(=O)C(Cc1ccccc1)N(Cc1cccc(C)c1)C(=O)CN(c1ccc(C)c(C)c1)S(C)(=O)=O. The zero-order valence-corrected chi connectivity index (χ0v) is 25.0. The van der Waals surface area contributed by atoms with Crippen LogP contribution in [0.15, 0.2) is 72.8 Å². The number of unbranched alkanes of at least 4 members (excludes halogenated alkanes) is 1. The Morgan fingerprint density at radius 3 is 2.20 bits per heavy atom. The van der Waals surface area contributed by atoms with Crippen molar-refractivity contribution < 1.29 is 18.0 Å². The van der Waals surface area contributed by atoms with Crippen LogP contribution in [0, 0.1) is 20.8 Å². The van der Waals surface area contributed by atoms with Gasteiger partial charge in [0.25, 0.3) is 0 Å². The molecule has 1 N–H and O–H groups in total. The van der Waals surface area contributed by atoms with Gasteiger partial charge >= 0.3 is 0 Å². The average molecular weight is 564 g/mol. The molecule has 0 bridgehead atoms. The maximum Gasteiger partial charge on any atom is 0.244 e. The molecule has 8 heteroatoms. The molecule has 3 aromatic carbocycles. The molecule has 3 rings (SSSR count). The summed E-state index contributed by atoms with van der Waals surface area (Å²) in [4.78, 5) is 29.3. The number of anilines is 1. The van der Waals surface area contributed by atoms with Crippen molar-refractivity contribution in [1.82, 2.24) is 10.2 Å². The summed E-state index contributed by atoms with van der Waals surface area (Å²) in [5.74, 6) is -0.702. The third kappa shape index (κ3) is 8.68. The minimum absolute atomic E-state index is 0.170. The van der Waals surface area contributed by atoms with Crippen LogP contribution in [0.25, 0.3) is 0 Å². The van der Waals surface area contributed by atoms with E-state index in [9.17, 15) is 18.0 Å². The first-order valence-electron chi connectivity index (χ1n) is 13.7. The van der Waals surface area contributed by atoms with Crippen LogP contribution >= 0.6 is 0 Å². The van der Waals surface area contributed by atoms with Crippen molar-refractivity contribution in [3.8, 4) is 0 Å². The predicted molar refractivity (Wildman–Crippen MR) is 162 cm³/mol. The Balaban J connectivity index is 2.04. The zero-order valence-electron chi connectivity index (χ0n) is 24.2. The van der Waals surface area contributed by atoms with Crippen LogP contribution in [0.3, 0.4) is 0 Å². The molecule has 0 saturated carbocycles. The standard InChI is InChI=1S/C32H41N3O4S/c1-6-7-18-33-32(37)30(21-27-13-9-8-10-14-27)34(22-28-15-11-12-24(2)19-28)31(36)23-35(40(5,38)39)29-17-16-25(3)26(4)20-29/h8-17,19-20,30H,6-7,18,21-23H2,1-5H3,(H,33,37). The molecule has 1 atom stereocenters. The summed E-state index contributed by atoms with van der Waals surface area (Å²) in [7, 11) is -3.79. The number of aryl methyl sites for hydroxylation is 3. The van der Waals surface area contributed by atoms with E-state index in [1.807, 2.05) is 88.4 Å². The Labute approximate surface area is 239 Å². The van der Waals surface area contributed by atoms with Crippen LogP contribution in [0.2, 0.25) is 0 Å². The monoisotopic (exact) mass is 563 g/mol. The number of hydrogen-bond donors (Lipinski definition) is 1. The van der Waals surface area contributed by atoms with E-state index in [-0.39, 0.29) is 12.5 Å². The Morgan fingerprint density at radius 1 is 0.875 bits per heavy atom. The second-order valence-corrected chi connectivity index (χ2v) is 12.3. The molecule has 0 spiro atoms. The van der Waals surface area contributed by atoms with Gasteiger partial charge in [0.1, 0.15) is 12.6 Å². The molecule has 0 fully saturated rings. The van der Waals surface area contributed by atoms with E-state index in [1.54, 1.807) is 12.1 Å². The van der Waals surface area contributed by atoms with E-state index in [2.05, 4.69) is 5.32 Å². The number of rotatable bonds is 13. The number of sulfonamides is 1. The van der Waals surface area contributed by atoms with Crippen LogP contribution in [-0.2, 0) is 32.6 Å². The van der Waals surface area contributed by atoms with E-state index in [4.69, 9.17) is 0 Å². The Hall–Kier alpha value is -3.65. The third-order valence-corrected chi connectivity index (χ3v) is 8.13. The van der Waals surface area contributed by atoms with Gasteiger partial charge in [0, 0.05) is 19.5 Å². The molecule has 0 radical (unpaired) electrons. The molecule has 0 heterocycles. The van der Waals surface area contributed by atoms with Gasteiger partial charge in [-0.1, -0.05) is 79.6 Å². The molecule has 3 aromatic rings. The van der Waals surface area contributed by atoms with E-state index >= 15 is 0 Å². The van der Waals surface area contributed by atoms with Gasteiger partial charge in [-0.05, 0) is 61.6 Å². The van der Waals surface area contributed by atoms with Gasteiger partial charge < -0.3 is 10.2 Å². The summed E-state index contributed by atoms with van der Waals surface area (Å²) in [6.07, 6.45) is 3.15. The molecular formula is C32H41N3O4S. The number of carbonyl (C=O) groups is 2. The largest absolute Gasteiger partial charge is 0.354 e. The summed E-state index contributed by atoms with van der Waals surface area (Å²) in [5.41, 5.74) is 5.18. The van der Waals surface area contributed by atoms with Crippen LogP contribution in [0.4, 0.5) is 5.69 Å². The zero-order chi connectivity index (χ0) is 29.3. The first kappa shape index (κ1) is 30.9. The topological polar surface area (TPSA) is 86.8 Å². The van der Waals surface area contributed by atoms with E-state index in [0.717, 1.165) is 51.2 Å². The Morgan fingerprint density at radius 2 is 1.57 bits per heavy atom. The second kappa shape index (κ2) is 14.1. The molecule has 7 nitrogen and oxygen atoms in total. The lowest BCUT2D eigenvalue weighted by molar-refractivity contribution is -0.140. The minimum atomic E-state index is -3.79. The van der Waals surface area contributed by atoms with Gasteiger partial charge in [-0.2, -0.15) is 0 Å². The maximum absolute atomic E-state index is 14.1. The van der Waals surface area contributed by atoms with E-state index < -0.39 is 28.5 Å². The number of nitrogens with zero attached hydrogens (tertiary/aromatic N) is 2. The normalized spacial score (nSPS) is 12.0. The molecule has 40 heavy (non-hydrogen) atoms. The van der Waals surface area contributed by atoms with Gasteiger partial charge in [-0.25, -0.2) is 8.42 Å². The molecular weight excluding hydrogens is 522 g/mol. The number of nitrogens with one attached hydrogen (secondary N) is 1. The van der Waals surface area contributed by atoms with E-state index in [0.29, 0.717) is 18.7 Å². The van der Waals surface area contributed by atoms with Crippen LogP contribution < -0.4 is 9.62 Å². The highest BCUT2D eigenvalue weighted by Gasteiger charge is 2.33. The fourth-order valence-corrected chi connectivity index (χ4v) is 5.40. The number of benzene rings is 3. The lowest BCUT2D eigenvalue weighted by Gasteiger charge is -2.33. The van der Waals surface area contributed by atoms with Gasteiger partial charge in [-0.15, -0.1) is 0 Å². The molecule has 0 saturated heterocycles. The highest BCUT2D eigenvalue weighted by molar-refractivity contribution is 7.92. The number of hydrogen-bond acceptors (Lipinski definition) is 4. The summed E-state index contributed by atoms with van der Waals surface area (Å²) in [5, 5.41) is 3.00. The van der Waals surface area contributed by atoms with Crippen LogP contribution in [0.5, 0.6) is 0 Å². The quantitative estimate of drug-likeness (QED) is 0.299. The van der Waals surface area contributed by atoms with E-state index in [1.165, 1.54) is 4.90 Å². The molecule has 1 unspecified atom stereocenters. The Kier molecular flexibility index (Phi) is 10.9. The van der Waals surface area contributed by atoms with Gasteiger partial charge in [0.15, 0.2) is 0 Å².